The molecule has 0 spiro atoms. The summed E-state index contributed by atoms with van der Waals surface area (Å²) >= 11 is 0. The van der Waals surface area contributed by atoms with E-state index in [1.54, 1.807) is 6.07 Å². The van der Waals surface area contributed by atoms with E-state index in [2.05, 4.69) is 5.32 Å². The molecule has 0 aromatic heterocycles. The second-order valence-electron chi connectivity index (χ2n) is 5.05. The molecule has 2 heteroatoms. The number of benzene rings is 1. The summed E-state index contributed by atoms with van der Waals surface area (Å²) in [6.07, 6.45) is 9.44. The van der Waals surface area contributed by atoms with E-state index >= 15 is 0 Å². The van der Waals surface area contributed by atoms with Crippen LogP contribution in [0.15, 0.2) is 24.3 Å². The number of hydrogen-bond acceptors (Lipinski definition) is 2. The molecule has 0 atom stereocenters. The Morgan fingerprint density at radius 1 is 1.00 bits per heavy atom. The number of para-hydroxylation sites is 1. The Hall–Kier alpha value is -1.02. The zero-order chi connectivity index (χ0) is 11.9. The molecule has 2 nitrogen and oxygen atoms in total. The van der Waals surface area contributed by atoms with Crippen LogP contribution in [0.25, 0.3) is 0 Å². The number of rotatable bonds is 3. The average molecular weight is 233 g/mol. The first-order chi connectivity index (χ1) is 8.36. The molecular weight excluding hydrogens is 210 g/mol. The van der Waals surface area contributed by atoms with Crippen LogP contribution >= 0.6 is 0 Å². The highest BCUT2D eigenvalue weighted by Gasteiger charge is 2.11. The smallest absolute Gasteiger partial charge is 0.120 e. The lowest BCUT2D eigenvalue weighted by Crippen LogP contribution is -2.29. The lowest BCUT2D eigenvalue weighted by atomic mass is 9.96. The largest absolute Gasteiger partial charge is 0.508 e. The van der Waals surface area contributed by atoms with Gasteiger partial charge in [-0.05, 0) is 18.9 Å². The lowest BCUT2D eigenvalue weighted by molar-refractivity contribution is 0.384. The number of phenolic OH excluding ortho intramolecular Hbond substituents is 1. The average Bonchev–Trinajstić information content (AvgIpc) is 2.29. The molecule has 1 aliphatic carbocycles. The molecule has 0 radical (unpaired) electrons. The number of aromatic hydroxyl groups is 1. The third-order valence-corrected chi connectivity index (χ3v) is 3.68. The molecule has 1 fully saturated rings. The van der Waals surface area contributed by atoms with Crippen molar-refractivity contribution in [2.45, 2.75) is 57.5 Å². The van der Waals surface area contributed by atoms with E-state index in [1.807, 2.05) is 18.2 Å². The highest BCUT2D eigenvalue weighted by Crippen LogP contribution is 2.19. The fourth-order valence-electron chi connectivity index (χ4n) is 2.57. The maximum Gasteiger partial charge on any atom is 0.120 e. The van der Waals surface area contributed by atoms with Crippen molar-refractivity contribution in [1.29, 1.82) is 0 Å². The van der Waals surface area contributed by atoms with Crippen LogP contribution in [0.3, 0.4) is 0 Å². The Labute approximate surface area is 104 Å². The van der Waals surface area contributed by atoms with Gasteiger partial charge in [0.05, 0.1) is 0 Å². The molecular formula is C15H23NO. The molecule has 1 aliphatic rings. The summed E-state index contributed by atoms with van der Waals surface area (Å²) in [7, 11) is 0. The van der Waals surface area contributed by atoms with Gasteiger partial charge in [-0.1, -0.05) is 50.3 Å². The minimum absolute atomic E-state index is 0.408. The van der Waals surface area contributed by atoms with Crippen LogP contribution in [0, 0.1) is 0 Å². The van der Waals surface area contributed by atoms with Crippen LogP contribution < -0.4 is 5.32 Å². The maximum absolute atomic E-state index is 9.70. The number of hydrogen-bond donors (Lipinski definition) is 2. The van der Waals surface area contributed by atoms with Gasteiger partial charge in [-0.15, -0.1) is 0 Å². The van der Waals surface area contributed by atoms with Gasteiger partial charge in [0.2, 0.25) is 0 Å². The van der Waals surface area contributed by atoms with Gasteiger partial charge in [-0.2, -0.15) is 0 Å². The molecule has 1 aromatic carbocycles. The Kier molecular flexibility index (Phi) is 4.87. The van der Waals surface area contributed by atoms with Crippen molar-refractivity contribution in [3.63, 3.8) is 0 Å². The summed E-state index contributed by atoms with van der Waals surface area (Å²) in [5, 5.41) is 13.3. The van der Waals surface area contributed by atoms with E-state index in [-0.39, 0.29) is 0 Å². The monoisotopic (exact) mass is 233 g/mol. The molecule has 2 rings (SSSR count). The van der Waals surface area contributed by atoms with Gasteiger partial charge in [0, 0.05) is 18.2 Å². The Bertz CT molecular complexity index is 329. The minimum atomic E-state index is 0.408. The molecule has 0 saturated heterocycles. The second-order valence-corrected chi connectivity index (χ2v) is 5.05. The van der Waals surface area contributed by atoms with E-state index in [4.69, 9.17) is 0 Å². The van der Waals surface area contributed by atoms with Crippen molar-refractivity contribution in [2.75, 3.05) is 0 Å². The Morgan fingerprint density at radius 2 is 1.65 bits per heavy atom. The third kappa shape index (κ3) is 4.04. The summed E-state index contributed by atoms with van der Waals surface area (Å²) in [6, 6.07) is 8.24. The van der Waals surface area contributed by atoms with Crippen molar-refractivity contribution in [3.8, 4) is 5.75 Å². The first-order valence-corrected chi connectivity index (χ1v) is 6.86. The van der Waals surface area contributed by atoms with E-state index < -0.39 is 0 Å². The van der Waals surface area contributed by atoms with Crippen molar-refractivity contribution in [3.05, 3.63) is 29.8 Å². The zero-order valence-corrected chi connectivity index (χ0v) is 10.5. The van der Waals surface area contributed by atoms with Crippen molar-refractivity contribution in [1.82, 2.24) is 5.32 Å². The zero-order valence-electron chi connectivity index (χ0n) is 10.5. The van der Waals surface area contributed by atoms with Crippen molar-refractivity contribution in [2.24, 2.45) is 0 Å². The van der Waals surface area contributed by atoms with Gasteiger partial charge in [0.1, 0.15) is 5.75 Å². The summed E-state index contributed by atoms with van der Waals surface area (Å²) in [6.45, 7) is 0.789. The highest BCUT2D eigenvalue weighted by molar-refractivity contribution is 5.31. The minimum Gasteiger partial charge on any atom is -0.508 e. The van der Waals surface area contributed by atoms with E-state index in [0.717, 1.165) is 12.1 Å². The van der Waals surface area contributed by atoms with Crippen LogP contribution in [0.2, 0.25) is 0 Å². The number of nitrogens with one attached hydrogen (secondary N) is 1. The third-order valence-electron chi connectivity index (χ3n) is 3.68. The molecule has 0 unspecified atom stereocenters. The fraction of sp³-hybridized carbons (Fsp3) is 0.600. The van der Waals surface area contributed by atoms with Crippen LogP contribution in [-0.2, 0) is 6.54 Å². The van der Waals surface area contributed by atoms with Crippen LogP contribution in [0.1, 0.15) is 50.5 Å². The number of phenols is 1. The second kappa shape index (κ2) is 6.65. The fourth-order valence-corrected chi connectivity index (χ4v) is 2.57. The molecule has 0 bridgehead atoms. The van der Waals surface area contributed by atoms with E-state index in [9.17, 15) is 5.11 Å². The van der Waals surface area contributed by atoms with Gasteiger partial charge >= 0.3 is 0 Å². The molecule has 0 amide bonds. The Morgan fingerprint density at radius 3 is 2.35 bits per heavy atom. The SMILES string of the molecule is Oc1ccccc1CNC1CCCCCCC1. The molecule has 17 heavy (non-hydrogen) atoms. The van der Waals surface area contributed by atoms with Crippen molar-refractivity contribution >= 4 is 0 Å². The van der Waals surface area contributed by atoms with Crippen LogP contribution in [-0.4, -0.2) is 11.1 Å². The maximum atomic E-state index is 9.70. The van der Waals surface area contributed by atoms with E-state index in [1.165, 1.54) is 44.9 Å². The normalized spacial score (nSPS) is 18.6. The first kappa shape index (κ1) is 12.4. The summed E-state index contributed by atoms with van der Waals surface area (Å²) in [4.78, 5) is 0. The summed E-state index contributed by atoms with van der Waals surface area (Å²) in [5.41, 5.74) is 1.01. The predicted octanol–water partition coefficient (Wildman–Crippen LogP) is 3.59. The molecule has 0 heterocycles. The first-order valence-electron chi connectivity index (χ1n) is 6.86. The molecule has 94 valence electrons. The van der Waals surface area contributed by atoms with Gasteiger partial charge < -0.3 is 10.4 Å². The quantitative estimate of drug-likeness (QED) is 0.836. The van der Waals surface area contributed by atoms with Gasteiger partial charge in [-0.3, -0.25) is 0 Å². The summed E-state index contributed by atoms with van der Waals surface area (Å²) < 4.78 is 0. The van der Waals surface area contributed by atoms with Crippen LogP contribution in [0.5, 0.6) is 5.75 Å². The van der Waals surface area contributed by atoms with E-state index in [0.29, 0.717) is 11.8 Å². The summed E-state index contributed by atoms with van der Waals surface area (Å²) in [5.74, 6) is 0.408. The van der Waals surface area contributed by atoms with Gasteiger partial charge in [0.25, 0.3) is 0 Å². The molecule has 0 aliphatic heterocycles. The van der Waals surface area contributed by atoms with Crippen molar-refractivity contribution < 1.29 is 5.11 Å². The lowest BCUT2D eigenvalue weighted by Gasteiger charge is -2.21. The van der Waals surface area contributed by atoms with Gasteiger partial charge in [0.15, 0.2) is 0 Å². The standard InChI is InChI=1S/C15H23NO/c17-15-11-7-6-8-13(15)12-16-14-9-4-2-1-3-5-10-14/h6-8,11,14,16-17H,1-5,9-10,12H2. The topological polar surface area (TPSA) is 32.3 Å². The van der Waals surface area contributed by atoms with Gasteiger partial charge in [-0.25, -0.2) is 0 Å². The highest BCUT2D eigenvalue weighted by atomic mass is 16.3. The molecule has 1 aromatic rings. The molecule has 2 N–H and O–H groups in total. The molecule has 1 saturated carbocycles. The predicted molar refractivity (Wildman–Crippen MR) is 71.1 cm³/mol. The van der Waals surface area contributed by atoms with Crippen LogP contribution in [0.4, 0.5) is 0 Å². The Balaban J connectivity index is 1.82.